The molecule has 1 aliphatic carbocycles. The quantitative estimate of drug-likeness (QED) is 0.619. The molecule has 0 spiro atoms. The van der Waals surface area contributed by atoms with Gasteiger partial charge in [-0.3, -0.25) is 4.79 Å². The summed E-state index contributed by atoms with van der Waals surface area (Å²) in [6.07, 6.45) is 2.46. The zero-order valence-electron chi connectivity index (χ0n) is 8.22. The van der Waals surface area contributed by atoms with Crippen molar-refractivity contribution in [2.45, 2.75) is 50.4 Å². The van der Waals surface area contributed by atoms with E-state index in [0.29, 0.717) is 12.8 Å². The highest BCUT2D eigenvalue weighted by Crippen LogP contribution is 2.26. The predicted octanol–water partition coefficient (Wildman–Crippen LogP) is -0.117. The number of aliphatic hydroxyl groups is 2. The van der Waals surface area contributed by atoms with Gasteiger partial charge in [-0.2, -0.15) is 0 Å². The number of hydrogen-bond donors (Lipinski definition) is 2. The molecule has 1 saturated carbocycles. The van der Waals surface area contributed by atoms with Crippen LogP contribution in [0.1, 0.15) is 32.1 Å². The molecule has 14 heavy (non-hydrogen) atoms. The highest BCUT2D eigenvalue weighted by molar-refractivity contribution is 5.78. The fourth-order valence-corrected chi connectivity index (χ4v) is 2.49. The molecule has 1 saturated heterocycles. The molecule has 2 aliphatic rings. The Balaban J connectivity index is 2.05. The molecule has 3 atom stereocenters. The Labute approximate surface area is 83.5 Å². The van der Waals surface area contributed by atoms with Crippen LogP contribution in [0.25, 0.3) is 0 Å². The molecule has 1 heterocycles. The molecule has 4 nitrogen and oxygen atoms in total. The van der Waals surface area contributed by atoms with Crippen molar-refractivity contribution in [3.8, 4) is 0 Å². The van der Waals surface area contributed by atoms with Crippen LogP contribution in [0.15, 0.2) is 0 Å². The van der Waals surface area contributed by atoms with Crippen LogP contribution in [0.5, 0.6) is 0 Å². The third kappa shape index (κ3) is 1.64. The number of amides is 1. The third-order valence-electron chi connectivity index (χ3n) is 3.30. The lowest BCUT2D eigenvalue weighted by Crippen LogP contribution is -2.51. The predicted molar refractivity (Wildman–Crippen MR) is 50.6 cm³/mol. The van der Waals surface area contributed by atoms with Gasteiger partial charge in [0, 0.05) is 13.0 Å². The average Bonchev–Trinajstić information content (AvgIpc) is 2.57. The van der Waals surface area contributed by atoms with Crippen LogP contribution in [-0.4, -0.2) is 45.8 Å². The zero-order valence-corrected chi connectivity index (χ0v) is 8.22. The van der Waals surface area contributed by atoms with Crippen molar-refractivity contribution in [3.63, 3.8) is 0 Å². The topological polar surface area (TPSA) is 60.8 Å². The maximum absolute atomic E-state index is 11.5. The monoisotopic (exact) mass is 199 g/mol. The zero-order chi connectivity index (χ0) is 10.1. The van der Waals surface area contributed by atoms with E-state index in [2.05, 4.69) is 0 Å². The fourth-order valence-electron chi connectivity index (χ4n) is 2.49. The van der Waals surface area contributed by atoms with E-state index in [-0.39, 0.29) is 11.9 Å². The first-order valence-electron chi connectivity index (χ1n) is 5.36. The van der Waals surface area contributed by atoms with Gasteiger partial charge in [0.05, 0.1) is 12.1 Å². The number of rotatable bonds is 1. The lowest BCUT2D eigenvalue weighted by atomic mass is 9.89. The van der Waals surface area contributed by atoms with Gasteiger partial charge in [-0.15, -0.1) is 0 Å². The maximum atomic E-state index is 11.5. The number of nitrogens with zero attached hydrogens (tertiary/aromatic N) is 1. The molecule has 0 aromatic carbocycles. The molecule has 2 N–H and O–H groups in total. The van der Waals surface area contributed by atoms with Gasteiger partial charge in [-0.1, -0.05) is 0 Å². The summed E-state index contributed by atoms with van der Waals surface area (Å²) in [5.74, 6) is 0.128. The molecule has 4 heteroatoms. The lowest BCUT2D eigenvalue weighted by molar-refractivity contribution is -0.136. The largest absolute Gasteiger partial charge is 0.390 e. The summed E-state index contributed by atoms with van der Waals surface area (Å²) in [5.41, 5.74) is 0. The van der Waals surface area contributed by atoms with E-state index < -0.39 is 12.2 Å². The number of aliphatic hydroxyl groups excluding tert-OH is 2. The molecule has 0 aromatic heterocycles. The van der Waals surface area contributed by atoms with Crippen LogP contribution in [0.4, 0.5) is 0 Å². The van der Waals surface area contributed by atoms with E-state index in [0.717, 1.165) is 25.8 Å². The van der Waals surface area contributed by atoms with Crippen molar-refractivity contribution in [2.75, 3.05) is 6.54 Å². The highest BCUT2D eigenvalue weighted by atomic mass is 16.3. The van der Waals surface area contributed by atoms with Crippen molar-refractivity contribution in [1.29, 1.82) is 0 Å². The Kier molecular flexibility index (Phi) is 2.74. The normalized spacial score (nSPS) is 39.1. The Morgan fingerprint density at radius 1 is 1.21 bits per heavy atom. The fraction of sp³-hybridized carbons (Fsp3) is 0.900. The molecule has 2 rings (SSSR count). The number of hydrogen-bond acceptors (Lipinski definition) is 3. The van der Waals surface area contributed by atoms with Crippen LogP contribution in [0, 0.1) is 0 Å². The molecule has 0 aromatic rings. The van der Waals surface area contributed by atoms with Crippen molar-refractivity contribution < 1.29 is 15.0 Å². The third-order valence-corrected chi connectivity index (χ3v) is 3.30. The highest BCUT2D eigenvalue weighted by Gasteiger charge is 2.37. The molecule has 1 amide bonds. The van der Waals surface area contributed by atoms with E-state index in [1.54, 1.807) is 4.90 Å². The summed E-state index contributed by atoms with van der Waals surface area (Å²) in [6, 6.07) is -0.145. The summed E-state index contributed by atoms with van der Waals surface area (Å²) in [6.45, 7) is 0.743. The van der Waals surface area contributed by atoms with Gasteiger partial charge in [0.15, 0.2) is 0 Å². The van der Waals surface area contributed by atoms with Gasteiger partial charge in [-0.05, 0) is 25.7 Å². The average molecular weight is 199 g/mol. The van der Waals surface area contributed by atoms with E-state index in [9.17, 15) is 15.0 Å². The Hall–Kier alpha value is -0.610. The van der Waals surface area contributed by atoms with E-state index >= 15 is 0 Å². The van der Waals surface area contributed by atoms with Crippen LogP contribution in [0.2, 0.25) is 0 Å². The second-order valence-electron chi connectivity index (χ2n) is 4.25. The summed E-state index contributed by atoms with van der Waals surface area (Å²) in [4.78, 5) is 13.2. The maximum Gasteiger partial charge on any atom is 0.222 e. The van der Waals surface area contributed by atoms with Gasteiger partial charge in [0.2, 0.25) is 5.91 Å². The SMILES string of the molecule is O=C1CCCN1[C@@H]1CCC[C@H](O)[C@@H]1O. The molecular weight excluding hydrogens is 182 g/mol. The number of carbonyl (C=O) groups excluding carboxylic acids is 1. The second kappa shape index (κ2) is 3.87. The van der Waals surface area contributed by atoms with E-state index in [1.807, 2.05) is 0 Å². The molecule has 0 radical (unpaired) electrons. The van der Waals surface area contributed by atoms with Crippen LogP contribution in [-0.2, 0) is 4.79 Å². The van der Waals surface area contributed by atoms with Crippen LogP contribution >= 0.6 is 0 Å². The first-order chi connectivity index (χ1) is 6.70. The minimum atomic E-state index is -0.745. The van der Waals surface area contributed by atoms with E-state index in [4.69, 9.17) is 0 Å². The molecule has 0 unspecified atom stereocenters. The Bertz CT molecular complexity index is 231. The van der Waals surface area contributed by atoms with Gasteiger partial charge in [0.1, 0.15) is 6.10 Å². The van der Waals surface area contributed by atoms with Crippen LogP contribution in [0.3, 0.4) is 0 Å². The minimum absolute atomic E-state index is 0.128. The Morgan fingerprint density at radius 2 is 2.00 bits per heavy atom. The van der Waals surface area contributed by atoms with Crippen molar-refractivity contribution in [1.82, 2.24) is 4.90 Å². The van der Waals surface area contributed by atoms with Crippen molar-refractivity contribution in [2.24, 2.45) is 0 Å². The van der Waals surface area contributed by atoms with Crippen LogP contribution < -0.4 is 0 Å². The summed E-state index contributed by atoms with van der Waals surface area (Å²) < 4.78 is 0. The summed E-state index contributed by atoms with van der Waals surface area (Å²) in [5, 5.41) is 19.3. The van der Waals surface area contributed by atoms with Crippen molar-refractivity contribution >= 4 is 5.91 Å². The standard InChI is InChI=1S/C10H17NO3/c12-8-4-1-3-7(10(8)14)11-6-2-5-9(11)13/h7-8,10,12,14H,1-6H2/t7-,8+,10-/m1/s1. The molecule has 0 bridgehead atoms. The van der Waals surface area contributed by atoms with Gasteiger partial charge in [0.25, 0.3) is 0 Å². The lowest BCUT2D eigenvalue weighted by Gasteiger charge is -2.37. The first kappa shape index (κ1) is 9.93. The first-order valence-corrected chi connectivity index (χ1v) is 5.36. The number of carbonyl (C=O) groups is 1. The Morgan fingerprint density at radius 3 is 2.64 bits per heavy atom. The molecular formula is C10H17NO3. The number of likely N-dealkylation sites (tertiary alicyclic amines) is 1. The molecule has 2 fully saturated rings. The molecule has 1 aliphatic heterocycles. The second-order valence-corrected chi connectivity index (χ2v) is 4.25. The van der Waals surface area contributed by atoms with Gasteiger partial charge in [-0.25, -0.2) is 0 Å². The van der Waals surface area contributed by atoms with Gasteiger partial charge < -0.3 is 15.1 Å². The smallest absolute Gasteiger partial charge is 0.222 e. The van der Waals surface area contributed by atoms with Crippen molar-refractivity contribution in [3.05, 3.63) is 0 Å². The summed E-state index contributed by atoms with van der Waals surface area (Å²) in [7, 11) is 0. The van der Waals surface area contributed by atoms with E-state index in [1.165, 1.54) is 0 Å². The summed E-state index contributed by atoms with van der Waals surface area (Å²) >= 11 is 0. The minimum Gasteiger partial charge on any atom is -0.390 e. The molecule has 80 valence electrons. The van der Waals surface area contributed by atoms with Gasteiger partial charge >= 0.3 is 0 Å².